The van der Waals surface area contributed by atoms with E-state index in [0.717, 1.165) is 11.3 Å². The third-order valence-electron chi connectivity index (χ3n) is 3.27. The highest BCUT2D eigenvalue weighted by Gasteiger charge is 2.32. The number of rotatable bonds is 2. The molecular weight excluding hydrogens is 230 g/mol. The van der Waals surface area contributed by atoms with E-state index in [0.29, 0.717) is 19.7 Å². The van der Waals surface area contributed by atoms with Gasteiger partial charge in [0.05, 0.1) is 6.54 Å². The molecule has 0 radical (unpaired) electrons. The number of carbonyl (C=O) groups excluding carboxylic acids is 1. The summed E-state index contributed by atoms with van der Waals surface area (Å²) in [5.41, 5.74) is 0.245. The molecule has 4 nitrogen and oxygen atoms in total. The molecule has 18 heavy (non-hydrogen) atoms. The molecule has 0 saturated heterocycles. The molecule has 0 saturated carbocycles. The first-order chi connectivity index (χ1) is 8.54. The average molecular weight is 249 g/mol. The molecular formula is C14H19NO3. The van der Waals surface area contributed by atoms with E-state index in [4.69, 9.17) is 9.47 Å². The van der Waals surface area contributed by atoms with Gasteiger partial charge in [0, 0.05) is 19.2 Å². The Morgan fingerprint density at radius 1 is 1.39 bits per heavy atom. The molecule has 0 spiro atoms. The Hall–Kier alpha value is -1.55. The van der Waals surface area contributed by atoms with Gasteiger partial charge in [-0.2, -0.15) is 0 Å². The van der Waals surface area contributed by atoms with Crippen LogP contribution < -0.4 is 4.74 Å². The molecule has 2 rings (SSSR count). The highest BCUT2D eigenvalue weighted by molar-refractivity contribution is 5.84. The van der Waals surface area contributed by atoms with Crippen molar-refractivity contribution in [1.82, 2.24) is 4.90 Å². The maximum atomic E-state index is 12.4. The van der Waals surface area contributed by atoms with Gasteiger partial charge in [-0.15, -0.1) is 0 Å². The van der Waals surface area contributed by atoms with E-state index in [-0.39, 0.29) is 5.91 Å². The Balaban J connectivity index is 2.20. The third-order valence-corrected chi connectivity index (χ3v) is 3.27. The van der Waals surface area contributed by atoms with E-state index in [1.807, 2.05) is 24.3 Å². The lowest BCUT2D eigenvalue weighted by molar-refractivity contribution is -0.151. The standard InChI is InChI=1S/C14H19NO3/c1-14(2,17-3)13(16)15-8-9-18-12-7-5-4-6-11(12)10-15/h4-7H,8-10H2,1-3H3. The van der Waals surface area contributed by atoms with Crippen molar-refractivity contribution in [1.29, 1.82) is 0 Å². The smallest absolute Gasteiger partial charge is 0.254 e. The zero-order valence-corrected chi connectivity index (χ0v) is 11.1. The molecule has 0 aliphatic carbocycles. The van der Waals surface area contributed by atoms with Crippen LogP contribution >= 0.6 is 0 Å². The molecule has 98 valence electrons. The fourth-order valence-electron chi connectivity index (χ4n) is 1.97. The van der Waals surface area contributed by atoms with Crippen molar-refractivity contribution in [3.8, 4) is 5.75 Å². The number of ether oxygens (including phenoxy) is 2. The average Bonchev–Trinajstić information content (AvgIpc) is 2.59. The van der Waals surface area contributed by atoms with Crippen molar-refractivity contribution in [2.45, 2.75) is 26.0 Å². The SMILES string of the molecule is COC(C)(C)C(=O)N1CCOc2ccccc2C1. The van der Waals surface area contributed by atoms with Crippen molar-refractivity contribution in [2.75, 3.05) is 20.3 Å². The lowest BCUT2D eigenvalue weighted by Crippen LogP contribution is -2.46. The van der Waals surface area contributed by atoms with Gasteiger partial charge in [0.2, 0.25) is 0 Å². The van der Waals surface area contributed by atoms with Gasteiger partial charge in [0.1, 0.15) is 18.0 Å². The Morgan fingerprint density at radius 2 is 2.11 bits per heavy atom. The van der Waals surface area contributed by atoms with Crippen LogP contribution in [0.25, 0.3) is 0 Å². The molecule has 0 fully saturated rings. The summed E-state index contributed by atoms with van der Waals surface area (Å²) >= 11 is 0. The van der Waals surface area contributed by atoms with Gasteiger partial charge in [-0.3, -0.25) is 4.79 Å². The highest BCUT2D eigenvalue weighted by atomic mass is 16.5. The molecule has 1 heterocycles. The zero-order valence-electron chi connectivity index (χ0n) is 11.1. The van der Waals surface area contributed by atoms with E-state index in [1.165, 1.54) is 0 Å². The predicted molar refractivity (Wildman–Crippen MR) is 68.4 cm³/mol. The van der Waals surface area contributed by atoms with Crippen LogP contribution in [0.3, 0.4) is 0 Å². The van der Waals surface area contributed by atoms with Gasteiger partial charge < -0.3 is 14.4 Å². The number of nitrogens with zero attached hydrogens (tertiary/aromatic N) is 1. The Kier molecular flexibility index (Phi) is 3.57. The van der Waals surface area contributed by atoms with Crippen LogP contribution in [0.1, 0.15) is 19.4 Å². The van der Waals surface area contributed by atoms with Gasteiger partial charge >= 0.3 is 0 Å². The van der Waals surface area contributed by atoms with E-state index in [2.05, 4.69) is 0 Å². The quantitative estimate of drug-likeness (QED) is 0.802. The number of carbonyl (C=O) groups is 1. The molecule has 0 N–H and O–H groups in total. The monoisotopic (exact) mass is 249 g/mol. The van der Waals surface area contributed by atoms with Crippen LogP contribution in [0.15, 0.2) is 24.3 Å². The number of fused-ring (bicyclic) bond motifs is 1. The number of amides is 1. The molecule has 1 amide bonds. The first-order valence-corrected chi connectivity index (χ1v) is 6.10. The molecule has 1 aliphatic rings. The number of benzene rings is 1. The van der Waals surface area contributed by atoms with Gasteiger partial charge in [0.25, 0.3) is 5.91 Å². The van der Waals surface area contributed by atoms with Gasteiger partial charge in [-0.25, -0.2) is 0 Å². The van der Waals surface area contributed by atoms with Crippen molar-refractivity contribution in [3.63, 3.8) is 0 Å². The molecule has 0 bridgehead atoms. The maximum absolute atomic E-state index is 12.4. The fraction of sp³-hybridized carbons (Fsp3) is 0.500. The summed E-state index contributed by atoms with van der Waals surface area (Å²) in [6.07, 6.45) is 0. The molecule has 0 unspecified atom stereocenters. The second-order valence-corrected chi connectivity index (χ2v) is 4.90. The molecule has 1 aromatic carbocycles. The number of para-hydroxylation sites is 1. The van der Waals surface area contributed by atoms with Crippen LogP contribution in [0.5, 0.6) is 5.75 Å². The van der Waals surface area contributed by atoms with Gasteiger partial charge in [-0.1, -0.05) is 18.2 Å². The first kappa shape index (κ1) is 12.9. The summed E-state index contributed by atoms with van der Waals surface area (Å²) in [5, 5.41) is 0. The minimum absolute atomic E-state index is 0.00898. The Bertz CT molecular complexity index is 442. The molecule has 4 heteroatoms. The topological polar surface area (TPSA) is 38.8 Å². The highest BCUT2D eigenvalue weighted by Crippen LogP contribution is 2.24. The van der Waals surface area contributed by atoms with Crippen LogP contribution in [0.4, 0.5) is 0 Å². The summed E-state index contributed by atoms with van der Waals surface area (Å²) in [6.45, 7) is 5.24. The second kappa shape index (κ2) is 4.98. The Labute approximate surface area is 107 Å². The van der Waals surface area contributed by atoms with Crippen molar-refractivity contribution >= 4 is 5.91 Å². The number of hydrogen-bond acceptors (Lipinski definition) is 3. The summed E-state index contributed by atoms with van der Waals surface area (Å²) < 4.78 is 10.9. The minimum Gasteiger partial charge on any atom is -0.491 e. The second-order valence-electron chi connectivity index (χ2n) is 4.90. The summed E-state index contributed by atoms with van der Waals surface area (Å²) in [7, 11) is 1.56. The van der Waals surface area contributed by atoms with Gasteiger partial charge in [-0.05, 0) is 19.9 Å². The molecule has 0 aromatic heterocycles. The van der Waals surface area contributed by atoms with Crippen LogP contribution in [0.2, 0.25) is 0 Å². The maximum Gasteiger partial charge on any atom is 0.254 e. The van der Waals surface area contributed by atoms with Crippen molar-refractivity contribution in [3.05, 3.63) is 29.8 Å². The van der Waals surface area contributed by atoms with Gasteiger partial charge in [0.15, 0.2) is 0 Å². The summed E-state index contributed by atoms with van der Waals surface area (Å²) in [5.74, 6) is 0.855. The zero-order chi connectivity index (χ0) is 13.2. The number of hydrogen-bond donors (Lipinski definition) is 0. The van der Waals surface area contributed by atoms with E-state index < -0.39 is 5.60 Å². The van der Waals surface area contributed by atoms with Crippen LogP contribution in [-0.4, -0.2) is 36.7 Å². The molecule has 1 aliphatic heterocycles. The van der Waals surface area contributed by atoms with E-state index in [9.17, 15) is 4.79 Å². The van der Waals surface area contributed by atoms with Crippen molar-refractivity contribution in [2.24, 2.45) is 0 Å². The lowest BCUT2D eigenvalue weighted by atomic mass is 10.1. The molecule has 0 atom stereocenters. The predicted octanol–water partition coefficient (Wildman–Crippen LogP) is 1.83. The Morgan fingerprint density at radius 3 is 2.83 bits per heavy atom. The normalized spacial score (nSPS) is 15.6. The van der Waals surface area contributed by atoms with Crippen LogP contribution in [0, 0.1) is 0 Å². The minimum atomic E-state index is -0.792. The van der Waals surface area contributed by atoms with Crippen molar-refractivity contribution < 1.29 is 14.3 Å². The first-order valence-electron chi connectivity index (χ1n) is 6.10. The lowest BCUT2D eigenvalue weighted by Gasteiger charge is -2.29. The number of methoxy groups -OCH3 is 1. The summed E-state index contributed by atoms with van der Waals surface area (Å²) in [6, 6.07) is 7.82. The summed E-state index contributed by atoms with van der Waals surface area (Å²) in [4.78, 5) is 14.1. The van der Waals surface area contributed by atoms with E-state index in [1.54, 1.807) is 25.9 Å². The van der Waals surface area contributed by atoms with E-state index >= 15 is 0 Å². The molecule has 1 aromatic rings. The largest absolute Gasteiger partial charge is 0.491 e. The van der Waals surface area contributed by atoms with Crippen LogP contribution in [-0.2, 0) is 16.1 Å². The fourth-order valence-corrected chi connectivity index (χ4v) is 1.97. The third kappa shape index (κ3) is 2.48.